The minimum absolute atomic E-state index is 0.306. The number of hydrogen-bond donors (Lipinski definition) is 1. The zero-order valence-electron chi connectivity index (χ0n) is 14.6. The molecular formula is C21H18ClN3O2. The van der Waals surface area contributed by atoms with Crippen LogP contribution in [-0.4, -0.2) is 16.2 Å². The summed E-state index contributed by atoms with van der Waals surface area (Å²) in [6.07, 6.45) is 7.77. The summed E-state index contributed by atoms with van der Waals surface area (Å²) in [5.74, 6) is 0.0105. The van der Waals surface area contributed by atoms with E-state index in [0.717, 1.165) is 24.0 Å². The highest BCUT2D eigenvalue weighted by atomic mass is 35.5. The standard InChI is InChI=1S/C21H18ClN3O2/c22-18-10-5-14(6-11-18)7-12-19(26)23-21-20(24-27-25-21)17-9-8-15-3-1-2-4-16(15)13-17/h5-13H,1-4H2,(H,23,25,26)/b12-7+. The van der Waals surface area contributed by atoms with E-state index in [1.54, 1.807) is 18.2 Å². The number of carbonyl (C=O) groups is 1. The smallest absolute Gasteiger partial charge is 0.249 e. The van der Waals surface area contributed by atoms with Crippen molar-refractivity contribution in [1.82, 2.24) is 10.3 Å². The molecule has 0 saturated heterocycles. The quantitative estimate of drug-likeness (QED) is 0.653. The monoisotopic (exact) mass is 379 g/mol. The lowest BCUT2D eigenvalue weighted by Crippen LogP contribution is -2.09. The summed E-state index contributed by atoms with van der Waals surface area (Å²) in [6, 6.07) is 13.5. The van der Waals surface area contributed by atoms with Crippen molar-refractivity contribution in [2.24, 2.45) is 0 Å². The number of halogens is 1. The van der Waals surface area contributed by atoms with Crippen LogP contribution in [0.25, 0.3) is 17.3 Å². The first-order chi connectivity index (χ1) is 13.2. The molecule has 27 heavy (non-hydrogen) atoms. The molecule has 4 rings (SSSR count). The number of carbonyl (C=O) groups excluding carboxylic acids is 1. The highest BCUT2D eigenvalue weighted by Gasteiger charge is 2.17. The Morgan fingerprint density at radius 3 is 2.63 bits per heavy atom. The van der Waals surface area contributed by atoms with Gasteiger partial charge < -0.3 is 5.32 Å². The number of nitrogens with one attached hydrogen (secondary N) is 1. The first-order valence-corrected chi connectivity index (χ1v) is 9.26. The Bertz CT molecular complexity index is 993. The first-order valence-electron chi connectivity index (χ1n) is 8.88. The molecule has 1 amide bonds. The van der Waals surface area contributed by atoms with E-state index in [1.807, 2.05) is 18.2 Å². The van der Waals surface area contributed by atoms with Crippen LogP contribution in [0.15, 0.2) is 53.2 Å². The highest BCUT2D eigenvalue weighted by molar-refractivity contribution is 6.30. The van der Waals surface area contributed by atoms with Gasteiger partial charge in [-0.1, -0.05) is 35.9 Å². The van der Waals surface area contributed by atoms with Gasteiger partial charge in [-0.3, -0.25) is 4.79 Å². The van der Waals surface area contributed by atoms with Crippen LogP contribution in [0.4, 0.5) is 5.82 Å². The SMILES string of the molecule is O=C(/C=C/c1ccc(Cl)cc1)Nc1nonc1-c1ccc2c(c1)CCCC2. The van der Waals surface area contributed by atoms with Gasteiger partial charge in [-0.15, -0.1) is 0 Å². The Balaban J connectivity index is 1.50. The van der Waals surface area contributed by atoms with Crippen LogP contribution < -0.4 is 5.32 Å². The van der Waals surface area contributed by atoms with E-state index >= 15 is 0 Å². The van der Waals surface area contributed by atoms with E-state index in [2.05, 4.69) is 27.8 Å². The molecule has 0 atom stereocenters. The Morgan fingerprint density at radius 2 is 1.81 bits per heavy atom. The van der Waals surface area contributed by atoms with Crippen molar-refractivity contribution in [1.29, 1.82) is 0 Å². The second-order valence-electron chi connectivity index (χ2n) is 6.53. The molecule has 1 aromatic heterocycles. The lowest BCUT2D eigenvalue weighted by atomic mass is 9.90. The first kappa shape index (κ1) is 17.5. The minimum Gasteiger partial charge on any atom is -0.302 e. The van der Waals surface area contributed by atoms with Gasteiger partial charge in [0, 0.05) is 16.7 Å². The van der Waals surface area contributed by atoms with E-state index < -0.39 is 0 Å². The molecule has 0 saturated carbocycles. The third kappa shape index (κ3) is 4.09. The number of rotatable bonds is 4. The van der Waals surface area contributed by atoms with Crippen LogP contribution in [0.2, 0.25) is 5.02 Å². The van der Waals surface area contributed by atoms with Crippen LogP contribution in [0.5, 0.6) is 0 Å². The molecule has 6 heteroatoms. The number of aryl methyl sites for hydroxylation is 2. The predicted octanol–water partition coefficient (Wildman–Crippen LogP) is 4.92. The maximum Gasteiger partial charge on any atom is 0.249 e. The number of fused-ring (bicyclic) bond motifs is 1. The number of aromatic nitrogens is 2. The van der Waals surface area contributed by atoms with Gasteiger partial charge in [-0.25, -0.2) is 4.63 Å². The summed E-state index contributed by atoms with van der Waals surface area (Å²) in [7, 11) is 0. The summed E-state index contributed by atoms with van der Waals surface area (Å²) in [5, 5.41) is 11.2. The summed E-state index contributed by atoms with van der Waals surface area (Å²) < 4.78 is 4.87. The van der Waals surface area contributed by atoms with Gasteiger partial charge >= 0.3 is 0 Å². The van der Waals surface area contributed by atoms with Gasteiger partial charge in [0.05, 0.1) is 0 Å². The number of amides is 1. The summed E-state index contributed by atoms with van der Waals surface area (Å²) in [6.45, 7) is 0. The Kier molecular flexibility index (Phi) is 5.03. The fourth-order valence-electron chi connectivity index (χ4n) is 3.24. The molecule has 0 bridgehead atoms. The second-order valence-corrected chi connectivity index (χ2v) is 6.96. The molecule has 0 unspecified atom stereocenters. The third-order valence-electron chi connectivity index (χ3n) is 4.65. The molecule has 1 N–H and O–H groups in total. The van der Waals surface area contributed by atoms with Crippen LogP contribution in [0.3, 0.4) is 0 Å². The average molecular weight is 380 g/mol. The molecule has 1 heterocycles. The molecule has 3 aromatic rings. The maximum atomic E-state index is 12.2. The van der Waals surface area contributed by atoms with Crippen molar-refractivity contribution in [3.63, 3.8) is 0 Å². The average Bonchev–Trinajstić information content (AvgIpc) is 3.15. The molecule has 0 radical (unpaired) electrons. The molecule has 2 aromatic carbocycles. The van der Waals surface area contributed by atoms with Crippen molar-refractivity contribution in [2.45, 2.75) is 25.7 Å². The van der Waals surface area contributed by atoms with Gasteiger partial charge in [0.15, 0.2) is 5.69 Å². The molecule has 1 aliphatic carbocycles. The van der Waals surface area contributed by atoms with Crippen LogP contribution in [0, 0.1) is 0 Å². The summed E-state index contributed by atoms with van der Waals surface area (Å²) >= 11 is 5.86. The largest absolute Gasteiger partial charge is 0.302 e. The van der Waals surface area contributed by atoms with Crippen molar-refractivity contribution in [3.05, 3.63) is 70.3 Å². The molecule has 1 aliphatic rings. The van der Waals surface area contributed by atoms with E-state index in [1.165, 1.54) is 30.0 Å². The zero-order chi connectivity index (χ0) is 18.6. The zero-order valence-corrected chi connectivity index (χ0v) is 15.4. The van der Waals surface area contributed by atoms with Gasteiger partial charge in [0.2, 0.25) is 11.7 Å². The molecule has 0 fully saturated rings. The Morgan fingerprint density at radius 1 is 1.04 bits per heavy atom. The van der Waals surface area contributed by atoms with Crippen LogP contribution >= 0.6 is 11.6 Å². The van der Waals surface area contributed by atoms with E-state index in [4.69, 9.17) is 16.2 Å². The fourth-order valence-corrected chi connectivity index (χ4v) is 3.37. The van der Waals surface area contributed by atoms with Crippen LogP contribution in [-0.2, 0) is 17.6 Å². The topological polar surface area (TPSA) is 68.0 Å². The Labute approximate surface area is 162 Å². The lowest BCUT2D eigenvalue weighted by molar-refractivity contribution is -0.111. The third-order valence-corrected chi connectivity index (χ3v) is 4.90. The number of benzene rings is 2. The molecular weight excluding hydrogens is 362 g/mol. The van der Waals surface area contributed by atoms with Gasteiger partial charge in [0.1, 0.15) is 0 Å². The van der Waals surface area contributed by atoms with E-state index in [0.29, 0.717) is 16.5 Å². The molecule has 5 nitrogen and oxygen atoms in total. The van der Waals surface area contributed by atoms with Gasteiger partial charge in [-0.05, 0) is 77.0 Å². The number of anilines is 1. The number of nitrogens with zero attached hydrogens (tertiary/aromatic N) is 2. The predicted molar refractivity (Wildman–Crippen MR) is 105 cm³/mol. The molecule has 0 aliphatic heterocycles. The highest BCUT2D eigenvalue weighted by Crippen LogP contribution is 2.29. The van der Waals surface area contributed by atoms with E-state index in [9.17, 15) is 4.79 Å². The molecule has 0 spiro atoms. The normalized spacial score (nSPS) is 13.5. The lowest BCUT2D eigenvalue weighted by Gasteiger charge is -2.16. The fraction of sp³-hybridized carbons (Fsp3) is 0.190. The summed E-state index contributed by atoms with van der Waals surface area (Å²) in [5.41, 5.74) is 5.04. The second kappa shape index (κ2) is 7.76. The van der Waals surface area contributed by atoms with Crippen molar-refractivity contribution < 1.29 is 9.42 Å². The van der Waals surface area contributed by atoms with Crippen molar-refractivity contribution in [2.75, 3.05) is 5.32 Å². The number of hydrogen-bond acceptors (Lipinski definition) is 4. The van der Waals surface area contributed by atoms with Crippen molar-refractivity contribution >= 4 is 29.4 Å². The maximum absolute atomic E-state index is 12.2. The summed E-state index contributed by atoms with van der Waals surface area (Å²) in [4.78, 5) is 12.2. The minimum atomic E-state index is -0.306. The van der Waals surface area contributed by atoms with E-state index in [-0.39, 0.29) is 5.91 Å². The van der Waals surface area contributed by atoms with Gasteiger partial charge in [0.25, 0.3) is 0 Å². The molecule has 136 valence electrons. The van der Waals surface area contributed by atoms with Gasteiger partial charge in [-0.2, -0.15) is 0 Å². The van der Waals surface area contributed by atoms with Crippen LogP contribution in [0.1, 0.15) is 29.5 Å². The Hall–Kier alpha value is -2.92. The van der Waals surface area contributed by atoms with Crippen molar-refractivity contribution in [3.8, 4) is 11.3 Å².